The molecule has 0 saturated heterocycles. The zero-order chi connectivity index (χ0) is 12.7. The van der Waals surface area contributed by atoms with Gasteiger partial charge in [0.2, 0.25) is 5.28 Å². The summed E-state index contributed by atoms with van der Waals surface area (Å²) in [6, 6.07) is 4.58. The Balaban J connectivity index is 2.11. The number of hydrogen-bond donors (Lipinski definition) is 0. The smallest absolute Gasteiger partial charge is 0.229 e. The molecule has 0 amide bonds. The van der Waals surface area contributed by atoms with Gasteiger partial charge in [-0.1, -0.05) is 0 Å². The Morgan fingerprint density at radius 1 is 1.39 bits per heavy atom. The van der Waals surface area contributed by atoms with Crippen molar-refractivity contribution in [2.75, 3.05) is 7.11 Å². The molecule has 0 unspecified atom stereocenters. The van der Waals surface area contributed by atoms with Crippen LogP contribution in [0, 0.1) is 5.82 Å². The minimum absolute atomic E-state index is 0.180. The average Bonchev–Trinajstić information content (AvgIpc) is 3.14. The van der Waals surface area contributed by atoms with Gasteiger partial charge in [0.05, 0.1) is 12.8 Å². The molecule has 1 aliphatic carbocycles. The van der Waals surface area contributed by atoms with Crippen molar-refractivity contribution >= 4 is 11.6 Å². The van der Waals surface area contributed by atoms with E-state index < -0.39 is 5.82 Å². The molecule has 0 bridgehead atoms. The monoisotopic (exact) mass is 267 g/mol. The topological polar surface area (TPSA) is 39.9 Å². The maximum absolute atomic E-state index is 13.4. The van der Waals surface area contributed by atoms with Crippen LogP contribution in [0.4, 0.5) is 4.39 Å². The summed E-state index contributed by atoms with van der Waals surface area (Å²) in [5.41, 5.74) is 0.713. The molecule has 1 aromatic heterocycles. The first-order valence-corrected chi connectivity index (χ1v) is 6.03. The first-order chi connectivity index (χ1) is 8.70. The highest BCUT2D eigenvalue weighted by Gasteiger charge is 2.30. The lowest BCUT2D eigenvalue weighted by molar-refractivity contribution is 0.386. The van der Waals surface area contributed by atoms with Crippen molar-refractivity contribution in [2.24, 2.45) is 0 Å². The Kier molecular flexibility index (Phi) is 2.70. The molecular formula is C12H11ClFN3O. The molecule has 94 valence electrons. The van der Waals surface area contributed by atoms with Gasteiger partial charge >= 0.3 is 0 Å². The normalized spacial score (nSPS) is 14.8. The Morgan fingerprint density at radius 3 is 2.83 bits per heavy atom. The van der Waals surface area contributed by atoms with Gasteiger partial charge in [-0.25, -0.2) is 4.39 Å². The van der Waals surface area contributed by atoms with Crippen LogP contribution in [-0.4, -0.2) is 21.9 Å². The predicted octanol–water partition coefficient (Wildman–Crippen LogP) is 2.95. The van der Waals surface area contributed by atoms with Gasteiger partial charge in [0.1, 0.15) is 5.82 Å². The van der Waals surface area contributed by atoms with Crippen molar-refractivity contribution in [3.8, 4) is 11.4 Å². The zero-order valence-electron chi connectivity index (χ0n) is 9.73. The summed E-state index contributed by atoms with van der Waals surface area (Å²) in [6.45, 7) is 0. The van der Waals surface area contributed by atoms with Crippen LogP contribution >= 0.6 is 11.6 Å². The second-order valence-corrected chi connectivity index (χ2v) is 4.59. The van der Waals surface area contributed by atoms with Crippen molar-refractivity contribution in [3.63, 3.8) is 0 Å². The number of ether oxygens (including phenoxy) is 1. The van der Waals surface area contributed by atoms with E-state index in [2.05, 4.69) is 10.2 Å². The van der Waals surface area contributed by atoms with Crippen molar-refractivity contribution < 1.29 is 9.13 Å². The third-order valence-electron chi connectivity index (χ3n) is 2.98. The molecule has 0 atom stereocenters. The number of rotatable bonds is 3. The van der Waals surface area contributed by atoms with Gasteiger partial charge in [-0.15, -0.1) is 10.2 Å². The molecule has 3 rings (SSSR count). The van der Waals surface area contributed by atoms with Crippen LogP contribution in [0.3, 0.4) is 0 Å². The molecule has 0 spiro atoms. The third-order valence-corrected chi connectivity index (χ3v) is 3.23. The van der Waals surface area contributed by atoms with E-state index in [0.717, 1.165) is 18.7 Å². The number of aromatic nitrogens is 3. The summed E-state index contributed by atoms with van der Waals surface area (Å²) in [5.74, 6) is 1.01. The van der Waals surface area contributed by atoms with E-state index in [1.807, 2.05) is 0 Å². The third kappa shape index (κ3) is 1.84. The highest BCUT2D eigenvalue weighted by Crippen LogP contribution is 2.40. The second kappa shape index (κ2) is 4.24. The molecule has 1 heterocycles. The first-order valence-electron chi connectivity index (χ1n) is 5.65. The molecule has 2 aromatic rings. The van der Waals surface area contributed by atoms with E-state index in [4.69, 9.17) is 16.3 Å². The van der Waals surface area contributed by atoms with Crippen LogP contribution in [0.5, 0.6) is 5.75 Å². The first kappa shape index (κ1) is 11.5. The fraction of sp³-hybridized carbons (Fsp3) is 0.333. The fourth-order valence-corrected chi connectivity index (χ4v) is 2.13. The lowest BCUT2D eigenvalue weighted by Gasteiger charge is -2.09. The van der Waals surface area contributed by atoms with E-state index in [1.54, 1.807) is 16.7 Å². The van der Waals surface area contributed by atoms with Gasteiger partial charge in [0.15, 0.2) is 11.6 Å². The maximum Gasteiger partial charge on any atom is 0.229 e. The molecule has 1 aromatic carbocycles. The number of methoxy groups -OCH3 is 1. The highest BCUT2D eigenvalue weighted by molar-refractivity contribution is 6.28. The van der Waals surface area contributed by atoms with Crippen LogP contribution in [0.2, 0.25) is 5.28 Å². The summed E-state index contributed by atoms with van der Waals surface area (Å²) in [4.78, 5) is 0. The number of halogens is 2. The molecule has 0 aliphatic heterocycles. The standard InChI is InChI=1S/C12H11ClFN3O/c1-18-10-6-8(4-5-9(10)14)17-11(7-2-3-7)15-16-12(17)13/h4-7H,2-3H2,1H3. The fourth-order valence-electron chi connectivity index (χ4n) is 1.91. The van der Waals surface area contributed by atoms with E-state index in [0.29, 0.717) is 11.6 Å². The molecular weight excluding hydrogens is 257 g/mol. The summed E-state index contributed by atoms with van der Waals surface area (Å²) < 4.78 is 20.1. The van der Waals surface area contributed by atoms with E-state index in [1.165, 1.54) is 13.2 Å². The van der Waals surface area contributed by atoms with Crippen molar-refractivity contribution in [1.29, 1.82) is 0 Å². The molecule has 1 fully saturated rings. The van der Waals surface area contributed by atoms with Crippen LogP contribution in [0.25, 0.3) is 5.69 Å². The average molecular weight is 268 g/mol. The molecule has 0 N–H and O–H groups in total. The quantitative estimate of drug-likeness (QED) is 0.858. The molecule has 4 nitrogen and oxygen atoms in total. The predicted molar refractivity (Wildman–Crippen MR) is 64.9 cm³/mol. The molecule has 1 aliphatic rings. The van der Waals surface area contributed by atoms with Crippen molar-refractivity contribution in [3.05, 3.63) is 35.1 Å². The largest absolute Gasteiger partial charge is 0.494 e. The summed E-state index contributed by atoms with van der Waals surface area (Å²) in [6.07, 6.45) is 2.18. The molecule has 6 heteroatoms. The van der Waals surface area contributed by atoms with Gasteiger partial charge in [0.25, 0.3) is 0 Å². The molecule has 0 radical (unpaired) electrons. The number of nitrogens with zero attached hydrogens (tertiary/aromatic N) is 3. The minimum Gasteiger partial charge on any atom is -0.494 e. The van der Waals surface area contributed by atoms with Crippen LogP contribution in [-0.2, 0) is 0 Å². The van der Waals surface area contributed by atoms with Crippen LogP contribution in [0.15, 0.2) is 18.2 Å². The van der Waals surface area contributed by atoms with Gasteiger partial charge in [-0.3, -0.25) is 4.57 Å². The minimum atomic E-state index is -0.404. The highest BCUT2D eigenvalue weighted by atomic mass is 35.5. The Bertz CT molecular complexity index is 595. The Labute approximate surface area is 108 Å². The van der Waals surface area contributed by atoms with Crippen molar-refractivity contribution in [1.82, 2.24) is 14.8 Å². The van der Waals surface area contributed by atoms with Crippen LogP contribution in [0.1, 0.15) is 24.6 Å². The van der Waals surface area contributed by atoms with Crippen molar-refractivity contribution in [2.45, 2.75) is 18.8 Å². The summed E-state index contributed by atoms with van der Waals surface area (Å²) >= 11 is 6.04. The van der Waals surface area contributed by atoms with E-state index in [9.17, 15) is 4.39 Å². The number of hydrogen-bond acceptors (Lipinski definition) is 3. The lowest BCUT2D eigenvalue weighted by atomic mass is 10.2. The van der Waals surface area contributed by atoms with Gasteiger partial charge in [-0.05, 0) is 36.6 Å². The van der Waals surface area contributed by atoms with E-state index in [-0.39, 0.29) is 11.0 Å². The molecule has 1 saturated carbocycles. The Hall–Kier alpha value is -1.62. The maximum atomic E-state index is 13.4. The van der Waals surface area contributed by atoms with Gasteiger partial charge in [0, 0.05) is 12.0 Å². The molecule has 18 heavy (non-hydrogen) atoms. The SMILES string of the molecule is COc1cc(-n2c(Cl)nnc2C2CC2)ccc1F. The number of benzene rings is 1. The second-order valence-electron chi connectivity index (χ2n) is 4.26. The van der Waals surface area contributed by atoms with E-state index >= 15 is 0 Å². The summed E-state index contributed by atoms with van der Waals surface area (Å²) in [7, 11) is 1.43. The summed E-state index contributed by atoms with van der Waals surface area (Å²) in [5, 5.41) is 8.24. The van der Waals surface area contributed by atoms with Gasteiger partial charge in [-0.2, -0.15) is 0 Å². The lowest BCUT2D eigenvalue weighted by Crippen LogP contribution is -2.01. The van der Waals surface area contributed by atoms with Gasteiger partial charge < -0.3 is 4.74 Å². The van der Waals surface area contributed by atoms with Crippen LogP contribution < -0.4 is 4.74 Å². The Morgan fingerprint density at radius 2 is 2.17 bits per heavy atom. The zero-order valence-corrected chi connectivity index (χ0v) is 10.5.